The maximum atomic E-state index is 14.9. The summed E-state index contributed by atoms with van der Waals surface area (Å²) in [6.07, 6.45) is -10.4. The number of alkyl halides is 6. The SMILES string of the molecule is COc1ccc(C2=C(CNC(=O)C3CS(=O)(=O)C3)C(=O)N[C@@](c3ccc(OCCCC(F)(F)F)cc3)(C(F)(F)F)C2)nc1. The van der Waals surface area contributed by atoms with Crippen LogP contribution in [0.15, 0.2) is 48.2 Å². The van der Waals surface area contributed by atoms with Crippen LogP contribution in [0.4, 0.5) is 26.3 Å². The summed E-state index contributed by atoms with van der Waals surface area (Å²) in [5.74, 6) is -3.01. The van der Waals surface area contributed by atoms with Crippen LogP contribution < -0.4 is 20.1 Å². The first kappa shape index (κ1) is 32.1. The fraction of sp³-hybridized carbons (Fsp3) is 0.444. The molecule has 234 valence electrons. The van der Waals surface area contributed by atoms with Crippen molar-refractivity contribution in [3.63, 3.8) is 0 Å². The number of nitrogens with one attached hydrogen (secondary N) is 2. The first-order valence-corrected chi connectivity index (χ1v) is 14.8. The number of amides is 2. The van der Waals surface area contributed by atoms with Gasteiger partial charge in [0.25, 0.3) is 0 Å². The average molecular weight is 636 g/mol. The zero-order chi connectivity index (χ0) is 31.6. The van der Waals surface area contributed by atoms with Crippen LogP contribution in [-0.2, 0) is 25.0 Å². The zero-order valence-electron chi connectivity index (χ0n) is 22.6. The molecule has 1 fully saturated rings. The highest BCUT2D eigenvalue weighted by atomic mass is 32.2. The molecule has 3 heterocycles. The Morgan fingerprint density at radius 1 is 1.07 bits per heavy atom. The van der Waals surface area contributed by atoms with Crippen molar-refractivity contribution in [3.05, 3.63) is 59.4 Å². The standard InChI is InChI=1S/C27H27F6N3O6S/c1-41-19-7-8-22(34-12-19)20-11-25(27(31,32)33,17-3-5-18(6-4-17)42-10-2-9-26(28,29)30)36-24(38)21(20)13-35-23(37)16-14-43(39,40)15-16/h3-8,12,16H,2,9-11,13-15H2,1H3,(H,35,37)(H,36,38)/t25-/m0/s1. The largest absolute Gasteiger partial charge is 0.495 e. The number of benzene rings is 1. The summed E-state index contributed by atoms with van der Waals surface area (Å²) in [5, 5.41) is 4.50. The third-order valence-corrected chi connectivity index (χ3v) is 8.93. The van der Waals surface area contributed by atoms with Gasteiger partial charge < -0.3 is 20.1 Å². The summed E-state index contributed by atoms with van der Waals surface area (Å²) in [7, 11) is -1.96. The molecule has 4 rings (SSSR count). The van der Waals surface area contributed by atoms with Crippen LogP contribution in [0.5, 0.6) is 11.5 Å². The lowest BCUT2D eigenvalue weighted by Gasteiger charge is -2.41. The molecule has 0 radical (unpaired) electrons. The van der Waals surface area contributed by atoms with E-state index in [9.17, 15) is 44.3 Å². The van der Waals surface area contributed by atoms with Crippen molar-refractivity contribution >= 4 is 27.2 Å². The summed E-state index contributed by atoms with van der Waals surface area (Å²) < 4.78 is 115. The van der Waals surface area contributed by atoms with Crippen molar-refractivity contribution in [1.29, 1.82) is 0 Å². The number of aromatic nitrogens is 1. The van der Waals surface area contributed by atoms with E-state index in [0.717, 1.165) is 12.1 Å². The first-order chi connectivity index (χ1) is 20.0. The number of methoxy groups -OCH3 is 1. The number of hydrogen-bond donors (Lipinski definition) is 2. The molecule has 2 aromatic rings. The molecule has 1 saturated heterocycles. The highest BCUT2D eigenvalue weighted by molar-refractivity contribution is 7.92. The van der Waals surface area contributed by atoms with E-state index in [0.29, 0.717) is 5.75 Å². The van der Waals surface area contributed by atoms with Gasteiger partial charge in [-0.15, -0.1) is 0 Å². The highest BCUT2D eigenvalue weighted by Gasteiger charge is 2.59. The molecule has 2 amide bonds. The Morgan fingerprint density at radius 3 is 2.26 bits per heavy atom. The number of rotatable bonds is 10. The molecule has 43 heavy (non-hydrogen) atoms. The summed E-state index contributed by atoms with van der Waals surface area (Å²) in [6, 6.07) is 7.27. The molecule has 0 bridgehead atoms. The van der Waals surface area contributed by atoms with Gasteiger partial charge in [-0.25, -0.2) is 8.42 Å². The molecule has 0 saturated carbocycles. The zero-order valence-corrected chi connectivity index (χ0v) is 23.5. The van der Waals surface area contributed by atoms with Gasteiger partial charge in [-0.2, -0.15) is 26.3 Å². The van der Waals surface area contributed by atoms with Gasteiger partial charge in [0, 0.05) is 25.0 Å². The van der Waals surface area contributed by atoms with Crippen molar-refractivity contribution in [2.45, 2.75) is 37.2 Å². The number of nitrogens with zero attached hydrogens (tertiary/aromatic N) is 1. The fourth-order valence-electron chi connectivity index (χ4n) is 4.78. The lowest BCUT2D eigenvalue weighted by atomic mass is 9.77. The van der Waals surface area contributed by atoms with Gasteiger partial charge in [0.05, 0.1) is 43.0 Å². The maximum Gasteiger partial charge on any atom is 0.416 e. The van der Waals surface area contributed by atoms with Crippen LogP contribution in [0.3, 0.4) is 0 Å². The van der Waals surface area contributed by atoms with Gasteiger partial charge in [0.15, 0.2) is 15.4 Å². The van der Waals surface area contributed by atoms with Crippen LogP contribution in [0.1, 0.15) is 30.5 Å². The Labute approximate surface area is 242 Å². The lowest BCUT2D eigenvalue weighted by Crippen LogP contribution is -2.59. The van der Waals surface area contributed by atoms with Gasteiger partial charge in [0.1, 0.15) is 11.5 Å². The molecule has 1 aromatic heterocycles. The van der Waals surface area contributed by atoms with Crippen LogP contribution >= 0.6 is 0 Å². The van der Waals surface area contributed by atoms with E-state index in [1.54, 1.807) is 0 Å². The predicted octanol–water partition coefficient (Wildman–Crippen LogP) is 3.70. The topological polar surface area (TPSA) is 124 Å². The van der Waals surface area contributed by atoms with Crippen LogP contribution in [-0.4, -0.2) is 69.3 Å². The van der Waals surface area contributed by atoms with Gasteiger partial charge >= 0.3 is 12.4 Å². The Balaban J connectivity index is 1.65. The highest BCUT2D eigenvalue weighted by Crippen LogP contribution is 2.48. The summed E-state index contributed by atoms with van der Waals surface area (Å²) in [4.78, 5) is 30.0. The molecule has 0 unspecified atom stereocenters. The molecule has 0 aliphatic carbocycles. The van der Waals surface area contributed by atoms with Crippen molar-refractivity contribution in [3.8, 4) is 11.5 Å². The van der Waals surface area contributed by atoms with E-state index >= 15 is 0 Å². The average Bonchev–Trinajstić information content (AvgIpc) is 2.92. The minimum absolute atomic E-state index is 0.0179. The number of ether oxygens (including phenoxy) is 2. The quantitative estimate of drug-likeness (QED) is 0.302. The van der Waals surface area contributed by atoms with Crippen LogP contribution in [0, 0.1) is 5.92 Å². The summed E-state index contributed by atoms with van der Waals surface area (Å²) >= 11 is 0. The fourth-order valence-corrected chi connectivity index (χ4v) is 6.21. The van der Waals surface area contributed by atoms with E-state index in [2.05, 4.69) is 15.6 Å². The Bertz CT molecular complexity index is 1480. The number of pyridine rings is 1. The van der Waals surface area contributed by atoms with Crippen molar-refractivity contribution in [2.24, 2.45) is 5.92 Å². The number of carbonyl (C=O) groups excluding carboxylic acids is 2. The Morgan fingerprint density at radius 2 is 1.72 bits per heavy atom. The van der Waals surface area contributed by atoms with E-state index < -0.39 is 64.8 Å². The van der Waals surface area contributed by atoms with E-state index in [4.69, 9.17) is 9.47 Å². The van der Waals surface area contributed by atoms with Gasteiger partial charge in [-0.1, -0.05) is 12.1 Å². The third kappa shape index (κ3) is 7.40. The molecule has 16 heteroatoms. The molecule has 1 atom stereocenters. The van der Waals surface area contributed by atoms with Gasteiger partial charge in [-0.05, 0) is 41.8 Å². The minimum atomic E-state index is -5.04. The Kier molecular flexibility index (Phi) is 9.00. The number of hydrogen-bond acceptors (Lipinski definition) is 7. The summed E-state index contributed by atoms with van der Waals surface area (Å²) in [5.41, 5.74) is -3.60. The van der Waals surface area contributed by atoms with E-state index in [1.807, 2.05) is 0 Å². The van der Waals surface area contributed by atoms with E-state index in [1.165, 1.54) is 37.6 Å². The monoisotopic (exact) mass is 635 g/mol. The smallest absolute Gasteiger partial charge is 0.416 e. The third-order valence-electron chi connectivity index (χ3n) is 7.11. The second-order valence-corrected chi connectivity index (χ2v) is 12.3. The predicted molar refractivity (Wildman–Crippen MR) is 141 cm³/mol. The molecular formula is C27H27F6N3O6S. The van der Waals surface area contributed by atoms with Crippen molar-refractivity contribution < 1.29 is 53.8 Å². The van der Waals surface area contributed by atoms with Crippen LogP contribution in [0.25, 0.3) is 5.57 Å². The normalized spacial score (nSPS) is 20.7. The molecule has 2 aliphatic heterocycles. The molecule has 2 aliphatic rings. The molecule has 0 spiro atoms. The molecule has 2 N–H and O–H groups in total. The Hall–Kier alpha value is -3.82. The van der Waals surface area contributed by atoms with Gasteiger partial charge in [-0.3, -0.25) is 14.6 Å². The number of halogens is 6. The van der Waals surface area contributed by atoms with E-state index in [-0.39, 0.29) is 52.7 Å². The van der Waals surface area contributed by atoms with Crippen molar-refractivity contribution in [1.82, 2.24) is 15.6 Å². The summed E-state index contributed by atoms with van der Waals surface area (Å²) in [6.45, 7) is -0.791. The second kappa shape index (κ2) is 12.1. The lowest BCUT2D eigenvalue weighted by molar-refractivity contribution is -0.201. The van der Waals surface area contributed by atoms with Gasteiger partial charge in [0.2, 0.25) is 11.8 Å². The van der Waals surface area contributed by atoms with Crippen molar-refractivity contribution in [2.75, 3.05) is 31.8 Å². The second-order valence-electron chi connectivity index (χ2n) is 10.2. The number of carbonyl (C=O) groups is 2. The number of sulfone groups is 1. The molecular weight excluding hydrogens is 608 g/mol. The maximum absolute atomic E-state index is 14.9. The first-order valence-electron chi connectivity index (χ1n) is 12.9. The minimum Gasteiger partial charge on any atom is -0.495 e. The molecule has 9 nitrogen and oxygen atoms in total. The van der Waals surface area contributed by atoms with Crippen LogP contribution in [0.2, 0.25) is 0 Å². The molecule has 1 aromatic carbocycles.